The second kappa shape index (κ2) is 12.0. The number of carbonyl (C=O) groups is 1. The lowest BCUT2D eigenvalue weighted by Gasteiger charge is -2.30. The molecule has 0 fully saturated rings. The highest BCUT2D eigenvalue weighted by Crippen LogP contribution is 2.13. The molecule has 0 spiro atoms. The summed E-state index contributed by atoms with van der Waals surface area (Å²) in [4.78, 5) is 15.2. The molecule has 6 nitrogen and oxygen atoms in total. The van der Waals surface area contributed by atoms with Crippen molar-refractivity contribution in [2.24, 2.45) is 0 Å². The largest absolute Gasteiger partial charge is 0.350 e. The second-order valence-corrected chi connectivity index (χ2v) is 9.44. The molecule has 0 radical (unpaired) electrons. The lowest BCUT2D eigenvalue weighted by atomic mass is 10.0. The summed E-state index contributed by atoms with van der Waals surface area (Å²) in [6.45, 7) is 10.3. The number of nitrogens with one attached hydrogen (secondary N) is 2. The van der Waals surface area contributed by atoms with E-state index in [1.54, 1.807) is 12.1 Å². The Morgan fingerprint density at radius 3 is 2.13 bits per heavy atom. The van der Waals surface area contributed by atoms with Crippen LogP contribution in [-0.4, -0.2) is 50.9 Å². The summed E-state index contributed by atoms with van der Waals surface area (Å²) in [5, 5.41) is 3.02. The Bertz CT molecular complexity index is 911. The number of benzene rings is 2. The Hall–Kier alpha value is -2.22. The van der Waals surface area contributed by atoms with Crippen LogP contribution in [0.1, 0.15) is 50.0 Å². The number of hydrogen-bond acceptors (Lipinski definition) is 4. The van der Waals surface area contributed by atoms with Crippen molar-refractivity contribution in [3.8, 4) is 0 Å². The molecule has 2 aromatic carbocycles. The van der Waals surface area contributed by atoms with Crippen molar-refractivity contribution in [2.75, 3.05) is 19.6 Å². The third-order valence-electron chi connectivity index (χ3n) is 5.54. The smallest absolute Gasteiger partial charge is 0.251 e. The predicted octanol–water partition coefficient (Wildman–Crippen LogP) is 3.45. The Balaban J connectivity index is 2.05. The van der Waals surface area contributed by atoms with E-state index in [0.717, 1.165) is 19.5 Å². The van der Waals surface area contributed by atoms with E-state index in [1.165, 1.54) is 17.7 Å². The molecule has 0 saturated carbocycles. The molecule has 0 aliphatic heterocycles. The quantitative estimate of drug-likeness (QED) is 0.525. The number of likely N-dealkylation sites (N-methyl/N-ethyl adjacent to an activating group) is 1. The van der Waals surface area contributed by atoms with E-state index in [4.69, 9.17) is 0 Å². The molecule has 0 aliphatic rings. The van der Waals surface area contributed by atoms with Gasteiger partial charge in [0.05, 0.1) is 4.90 Å². The summed E-state index contributed by atoms with van der Waals surface area (Å²) in [6, 6.07) is 16.4. The average Bonchev–Trinajstić information content (AvgIpc) is 2.78. The zero-order chi connectivity index (χ0) is 22.9. The van der Waals surface area contributed by atoms with Crippen LogP contribution in [-0.2, 0) is 16.4 Å². The van der Waals surface area contributed by atoms with Gasteiger partial charge in [0.15, 0.2) is 0 Å². The van der Waals surface area contributed by atoms with E-state index in [2.05, 4.69) is 40.9 Å². The normalized spacial score (nSPS) is 13.7. The molecule has 0 heterocycles. The molecule has 2 rings (SSSR count). The summed E-state index contributed by atoms with van der Waals surface area (Å²) in [5.41, 5.74) is 1.68. The Morgan fingerprint density at radius 2 is 1.58 bits per heavy atom. The van der Waals surface area contributed by atoms with Gasteiger partial charge in [0.25, 0.3) is 5.91 Å². The first-order chi connectivity index (χ1) is 14.8. The van der Waals surface area contributed by atoms with E-state index in [-0.39, 0.29) is 22.9 Å². The topological polar surface area (TPSA) is 78.5 Å². The van der Waals surface area contributed by atoms with Crippen molar-refractivity contribution in [1.29, 1.82) is 0 Å². The van der Waals surface area contributed by atoms with Crippen molar-refractivity contribution < 1.29 is 13.2 Å². The van der Waals surface area contributed by atoms with Crippen LogP contribution in [0.2, 0.25) is 0 Å². The van der Waals surface area contributed by atoms with E-state index in [0.29, 0.717) is 18.5 Å². The van der Waals surface area contributed by atoms with Crippen LogP contribution in [0.15, 0.2) is 59.5 Å². The minimum absolute atomic E-state index is 0.144. The molecule has 0 aromatic heterocycles. The zero-order valence-electron chi connectivity index (χ0n) is 19.0. The Kier molecular flexibility index (Phi) is 9.68. The highest BCUT2D eigenvalue weighted by atomic mass is 32.2. The molecule has 31 heavy (non-hydrogen) atoms. The molecule has 7 heteroatoms. The number of hydrogen-bond donors (Lipinski definition) is 2. The first-order valence-corrected chi connectivity index (χ1v) is 12.5. The molecule has 0 saturated heterocycles. The van der Waals surface area contributed by atoms with E-state index in [9.17, 15) is 13.2 Å². The Labute approximate surface area is 187 Å². The van der Waals surface area contributed by atoms with Gasteiger partial charge in [-0.05, 0) is 62.7 Å². The molecule has 0 bridgehead atoms. The number of carbonyl (C=O) groups excluding carboxylic acids is 1. The fraction of sp³-hybridized carbons (Fsp3) is 0.458. The molecule has 2 N–H and O–H groups in total. The van der Waals surface area contributed by atoms with Gasteiger partial charge in [0.2, 0.25) is 10.0 Å². The summed E-state index contributed by atoms with van der Waals surface area (Å²) in [7, 11) is -3.58. The van der Waals surface area contributed by atoms with Gasteiger partial charge in [-0.15, -0.1) is 0 Å². The van der Waals surface area contributed by atoms with Gasteiger partial charge in [-0.2, -0.15) is 0 Å². The maximum absolute atomic E-state index is 12.7. The standard InChI is InChI=1S/C24H35N3O3S/c1-5-19(4)26-31(29,30)23-15-13-21(14-16-23)24(28)25-18-22(27(6-2)7-3)17-20-11-9-8-10-12-20/h8-16,19,22,26H,5-7,17-18H2,1-4H3,(H,25,28). The number of rotatable bonds is 12. The predicted molar refractivity (Wildman–Crippen MR) is 126 cm³/mol. The first-order valence-electron chi connectivity index (χ1n) is 11.0. The molecule has 2 atom stereocenters. The first kappa shape index (κ1) is 25.0. The summed E-state index contributed by atoms with van der Waals surface area (Å²) in [5.74, 6) is -0.205. The molecule has 1 amide bonds. The van der Waals surface area contributed by atoms with Gasteiger partial charge < -0.3 is 5.32 Å². The minimum Gasteiger partial charge on any atom is -0.350 e. The third-order valence-corrected chi connectivity index (χ3v) is 7.14. The van der Waals surface area contributed by atoms with Gasteiger partial charge in [0, 0.05) is 24.2 Å². The fourth-order valence-corrected chi connectivity index (χ4v) is 4.80. The van der Waals surface area contributed by atoms with Crippen LogP contribution in [0.5, 0.6) is 0 Å². The lowest BCUT2D eigenvalue weighted by Crippen LogP contribution is -2.45. The van der Waals surface area contributed by atoms with Crippen molar-refractivity contribution in [3.05, 3.63) is 65.7 Å². The van der Waals surface area contributed by atoms with Crippen LogP contribution in [0.4, 0.5) is 0 Å². The van der Waals surface area contributed by atoms with Crippen LogP contribution in [0, 0.1) is 0 Å². The van der Waals surface area contributed by atoms with Crippen LogP contribution in [0.25, 0.3) is 0 Å². The number of nitrogens with zero attached hydrogens (tertiary/aromatic N) is 1. The third kappa shape index (κ3) is 7.45. The van der Waals surface area contributed by atoms with Crippen molar-refractivity contribution in [3.63, 3.8) is 0 Å². The van der Waals surface area contributed by atoms with Crippen LogP contribution < -0.4 is 10.0 Å². The van der Waals surface area contributed by atoms with E-state index in [1.807, 2.05) is 32.0 Å². The van der Waals surface area contributed by atoms with E-state index < -0.39 is 10.0 Å². The molecule has 2 aromatic rings. The van der Waals surface area contributed by atoms with Crippen molar-refractivity contribution in [2.45, 2.75) is 57.5 Å². The maximum atomic E-state index is 12.7. The second-order valence-electron chi connectivity index (χ2n) is 7.73. The molecule has 170 valence electrons. The molecular weight excluding hydrogens is 410 g/mol. The summed E-state index contributed by atoms with van der Waals surface area (Å²) < 4.78 is 27.4. The van der Waals surface area contributed by atoms with Gasteiger partial charge in [-0.1, -0.05) is 51.1 Å². The van der Waals surface area contributed by atoms with Crippen LogP contribution in [0.3, 0.4) is 0 Å². The zero-order valence-corrected chi connectivity index (χ0v) is 19.8. The Morgan fingerprint density at radius 1 is 0.968 bits per heavy atom. The fourth-order valence-electron chi connectivity index (χ4n) is 3.47. The maximum Gasteiger partial charge on any atom is 0.251 e. The highest BCUT2D eigenvalue weighted by Gasteiger charge is 2.19. The molecule has 0 aliphatic carbocycles. The minimum atomic E-state index is -3.58. The number of sulfonamides is 1. The lowest BCUT2D eigenvalue weighted by molar-refractivity contribution is 0.0934. The average molecular weight is 446 g/mol. The van der Waals surface area contributed by atoms with Crippen molar-refractivity contribution in [1.82, 2.24) is 14.9 Å². The summed E-state index contributed by atoms with van der Waals surface area (Å²) >= 11 is 0. The summed E-state index contributed by atoms with van der Waals surface area (Å²) in [6.07, 6.45) is 1.55. The van der Waals surface area contributed by atoms with Crippen molar-refractivity contribution >= 4 is 15.9 Å². The molecule has 2 unspecified atom stereocenters. The number of amides is 1. The van der Waals surface area contributed by atoms with Gasteiger partial charge in [-0.25, -0.2) is 13.1 Å². The van der Waals surface area contributed by atoms with Gasteiger partial charge in [-0.3, -0.25) is 9.69 Å². The van der Waals surface area contributed by atoms with E-state index >= 15 is 0 Å². The van der Waals surface area contributed by atoms with Crippen LogP contribution >= 0.6 is 0 Å². The van der Waals surface area contributed by atoms with Gasteiger partial charge >= 0.3 is 0 Å². The SMILES string of the molecule is CCC(C)NS(=O)(=O)c1ccc(C(=O)NCC(Cc2ccccc2)N(CC)CC)cc1. The monoisotopic (exact) mass is 445 g/mol. The molecular formula is C24H35N3O3S. The van der Waals surface area contributed by atoms with Gasteiger partial charge in [0.1, 0.15) is 0 Å². The highest BCUT2D eigenvalue weighted by molar-refractivity contribution is 7.89.